The van der Waals surface area contributed by atoms with E-state index < -0.39 is 0 Å². The van der Waals surface area contributed by atoms with Crippen LogP contribution in [0.3, 0.4) is 0 Å². The smallest absolute Gasteiger partial charge is 0.137 e. The molecule has 1 aromatic rings. The molecule has 1 aromatic carbocycles. The Labute approximate surface area is 110 Å². The third-order valence-electron chi connectivity index (χ3n) is 2.44. The van der Waals surface area contributed by atoms with Crippen LogP contribution in [0.5, 0.6) is 0 Å². The maximum absolute atomic E-state index is 13.1. The molecule has 0 aliphatic carbocycles. The van der Waals surface area contributed by atoms with E-state index in [2.05, 4.69) is 15.9 Å². The Balaban J connectivity index is 2.45. The van der Waals surface area contributed by atoms with Gasteiger partial charge in [0.1, 0.15) is 11.6 Å². The van der Waals surface area contributed by atoms with E-state index in [9.17, 15) is 9.18 Å². The van der Waals surface area contributed by atoms with Gasteiger partial charge in [-0.2, -0.15) is 0 Å². The van der Waals surface area contributed by atoms with Crippen molar-refractivity contribution in [2.75, 3.05) is 0 Å². The minimum atomic E-state index is -0.322. The first kappa shape index (κ1) is 14.3. The van der Waals surface area contributed by atoms with Crippen LogP contribution in [0.25, 0.3) is 0 Å². The molecule has 1 atom stereocenters. The molecule has 2 N–H and O–H groups in total. The number of Topliss-reactive ketones (excluding diaryl/α,β-unsaturated/α-hetero) is 1. The van der Waals surface area contributed by atoms with E-state index in [1.54, 1.807) is 6.07 Å². The van der Waals surface area contributed by atoms with Crippen LogP contribution in [0.4, 0.5) is 4.39 Å². The summed E-state index contributed by atoms with van der Waals surface area (Å²) >= 11 is 3.21. The minimum absolute atomic E-state index is 0.128. The van der Waals surface area contributed by atoms with Gasteiger partial charge in [0.05, 0.1) is 0 Å². The molecule has 0 radical (unpaired) electrons. The predicted octanol–water partition coefficient (Wildman–Crippen LogP) is 3.22. The van der Waals surface area contributed by atoms with Gasteiger partial charge >= 0.3 is 0 Å². The normalized spacial score (nSPS) is 12.5. The molecule has 17 heavy (non-hydrogen) atoms. The molecule has 0 fully saturated rings. The van der Waals surface area contributed by atoms with Gasteiger partial charge in [0.25, 0.3) is 0 Å². The standard InChI is InChI=1S/C13H17BrFNO/c1-9(16)3-2-4-13(17)7-10-5-11(14)8-12(15)6-10/h5-6,8-9H,2-4,7,16H2,1H3. The second kappa shape index (κ2) is 6.87. The van der Waals surface area contributed by atoms with Crippen molar-refractivity contribution in [3.05, 3.63) is 34.1 Å². The molecule has 2 nitrogen and oxygen atoms in total. The molecule has 0 aliphatic rings. The highest BCUT2D eigenvalue weighted by Gasteiger charge is 2.06. The van der Waals surface area contributed by atoms with Gasteiger partial charge in [-0.3, -0.25) is 4.79 Å². The van der Waals surface area contributed by atoms with Crippen molar-refractivity contribution < 1.29 is 9.18 Å². The Morgan fingerprint density at radius 2 is 2.18 bits per heavy atom. The Bertz CT molecular complexity index is 373. The third-order valence-corrected chi connectivity index (χ3v) is 2.90. The molecule has 0 bridgehead atoms. The zero-order chi connectivity index (χ0) is 12.8. The van der Waals surface area contributed by atoms with E-state index in [-0.39, 0.29) is 24.1 Å². The lowest BCUT2D eigenvalue weighted by molar-refractivity contribution is -0.118. The summed E-state index contributed by atoms with van der Waals surface area (Å²) in [5.41, 5.74) is 6.31. The van der Waals surface area contributed by atoms with Crippen LogP contribution < -0.4 is 5.73 Å². The van der Waals surface area contributed by atoms with Gasteiger partial charge in [0, 0.05) is 23.4 Å². The number of hydrogen-bond acceptors (Lipinski definition) is 2. The molecule has 0 saturated heterocycles. The SMILES string of the molecule is CC(N)CCCC(=O)Cc1cc(F)cc(Br)c1. The zero-order valence-corrected chi connectivity index (χ0v) is 11.5. The molecule has 94 valence electrons. The molecule has 0 amide bonds. The number of carbonyl (C=O) groups is 1. The molecule has 4 heteroatoms. The first-order valence-corrected chi connectivity index (χ1v) is 6.49. The first-order chi connectivity index (χ1) is 7.97. The number of rotatable bonds is 6. The van der Waals surface area contributed by atoms with Gasteiger partial charge in [-0.1, -0.05) is 15.9 Å². The van der Waals surface area contributed by atoms with Crippen LogP contribution in [0, 0.1) is 5.82 Å². The number of benzene rings is 1. The Hall–Kier alpha value is -0.740. The fourth-order valence-corrected chi connectivity index (χ4v) is 2.16. The van der Waals surface area contributed by atoms with Gasteiger partial charge < -0.3 is 5.73 Å². The average Bonchev–Trinajstić information content (AvgIpc) is 2.14. The molecule has 0 aromatic heterocycles. The lowest BCUT2D eigenvalue weighted by atomic mass is 10.0. The van der Waals surface area contributed by atoms with Crippen molar-refractivity contribution in [1.82, 2.24) is 0 Å². The zero-order valence-electron chi connectivity index (χ0n) is 9.88. The highest BCUT2D eigenvalue weighted by Crippen LogP contribution is 2.16. The van der Waals surface area contributed by atoms with E-state index in [1.165, 1.54) is 12.1 Å². The van der Waals surface area contributed by atoms with Gasteiger partial charge in [0.15, 0.2) is 0 Å². The molecule has 0 heterocycles. The topological polar surface area (TPSA) is 43.1 Å². The number of ketones is 1. The van der Waals surface area contributed by atoms with E-state index in [1.807, 2.05) is 6.92 Å². The van der Waals surface area contributed by atoms with Crippen LogP contribution in [0.15, 0.2) is 22.7 Å². The molecular formula is C13H17BrFNO. The fourth-order valence-electron chi connectivity index (χ4n) is 1.65. The second-order valence-electron chi connectivity index (χ2n) is 4.36. The van der Waals surface area contributed by atoms with Crippen molar-refractivity contribution in [2.45, 2.75) is 38.6 Å². The summed E-state index contributed by atoms with van der Waals surface area (Å²) in [6, 6.07) is 4.68. The van der Waals surface area contributed by atoms with Crippen molar-refractivity contribution in [2.24, 2.45) is 5.73 Å². The molecule has 0 spiro atoms. The second-order valence-corrected chi connectivity index (χ2v) is 5.28. The highest BCUT2D eigenvalue weighted by molar-refractivity contribution is 9.10. The molecule has 0 saturated carbocycles. The van der Waals surface area contributed by atoms with Crippen molar-refractivity contribution in [3.63, 3.8) is 0 Å². The summed E-state index contributed by atoms with van der Waals surface area (Å²) in [7, 11) is 0. The van der Waals surface area contributed by atoms with Gasteiger partial charge in [-0.05, 0) is 43.5 Å². The van der Waals surface area contributed by atoms with E-state index in [4.69, 9.17) is 5.73 Å². The Morgan fingerprint density at radius 3 is 2.76 bits per heavy atom. The number of carbonyl (C=O) groups excluding carboxylic acids is 1. The number of halogens is 2. The summed E-state index contributed by atoms with van der Waals surface area (Å²) in [6.45, 7) is 1.92. The first-order valence-electron chi connectivity index (χ1n) is 5.69. The summed E-state index contributed by atoms with van der Waals surface area (Å²) in [6.07, 6.45) is 2.44. The van der Waals surface area contributed by atoms with Gasteiger partial charge in [-0.15, -0.1) is 0 Å². The average molecular weight is 302 g/mol. The molecule has 1 rings (SSSR count). The van der Waals surface area contributed by atoms with E-state index in [0.717, 1.165) is 12.8 Å². The van der Waals surface area contributed by atoms with Crippen molar-refractivity contribution >= 4 is 21.7 Å². The van der Waals surface area contributed by atoms with Crippen molar-refractivity contribution in [1.29, 1.82) is 0 Å². The van der Waals surface area contributed by atoms with Gasteiger partial charge in [0.2, 0.25) is 0 Å². The summed E-state index contributed by atoms with van der Waals surface area (Å²) in [4.78, 5) is 11.6. The quantitative estimate of drug-likeness (QED) is 0.877. The lowest BCUT2D eigenvalue weighted by Crippen LogP contribution is -2.15. The van der Waals surface area contributed by atoms with E-state index >= 15 is 0 Å². The van der Waals surface area contributed by atoms with Crippen LogP contribution in [-0.2, 0) is 11.2 Å². The molecule has 1 unspecified atom stereocenters. The predicted molar refractivity (Wildman–Crippen MR) is 70.3 cm³/mol. The fraction of sp³-hybridized carbons (Fsp3) is 0.462. The lowest BCUT2D eigenvalue weighted by Gasteiger charge is -2.05. The Morgan fingerprint density at radius 1 is 1.47 bits per heavy atom. The number of hydrogen-bond donors (Lipinski definition) is 1. The van der Waals surface area contributed by atoms with Crippen LogP contribution in [0.2, 0.25) is 0 Å². The summed E-state index contributed by atoms with van der Waals surface area (Å²) in [5.74, 6) is -0.194. The monoisotopic (exact) mass is 301 g/mol. The minimum Gasteiger partial charge on any atom is -0.328 e. The van der Waals surface area contributed by atoms with Crippen LogP contribution in [-0.4, -0.2) is 11.8 Å². The van der Waals surface area contributed by atoms with Gasteiger partial charge in [-0.25, -0.2) is 4.39 Å². The maximum atomic E-state index is 13.1. The largest absolute Gasteiger partial charge is 0.328 e. The molecular weight excluding hydrogens is 285 g/mol. The Kier molecular flexibility index (Phi) is 5.78. The van der Waals surface area contributed by atoms with Crippen LogP contribution in [0.1, 0.15) is 31.7 Å². The molecule has 0 aliphatic heterocycles. The van der Waals surface area contributed by atoms with E-state index in [0.29, 0.717) is 16.5 Å². The van der Waals surface area contributed by atoms with Crippen molar-refractivity contribution in [3.8, 4) is 0 Å². The van der Waals surface area contributed by atoms with Crippen LogP contribution >= 0.6 is 15.9 Å². The number of nitrogens with two attached hydrogens (primary N) is 1. The summed E-state index contributed by atoms with van der Waals surface area (Å²) < 4.78 is 13.7. The third kappa shape index (κ3) is 5.94. The summed E-state index contributed by atoms with van der Waals surface area (Å²) in [5, 5.41) is 0. The maximum Gasteiger partial charge on any atom is 0.137 e. The highest BCUT2D eigenvalue weighted by atomic mass is 79.9.